The Hall–Kier alpha value is -1.13. The summed E-state index contributed by atoms with van der Waals surface area (Å²) in [6.45, 7) is 2.01. The van der Waals surface area contributed by atoms with Crippen LogP contribution in [-0.2, 0) is 0 Å². The molecule has 15 heavy (non-hydrogen) atoms. The van der Waals surface area contributed by atoms with E-state index in [1.807, 2.05) is 37.3 Å². The lowest BCUT2D eigenvalue weighted by Gasteiger charge is -2.38. The van der Waals surface area contributed by atoms with E-state index in [2.05, 4.69) is 5.32 Å². The smallest absolute Gasteiger partial charge is 0.175 e. The van der Waals surface area contributed by atoms with Crippen LogP contribution in [0.15, 0.2) is 30.3 Å². The Morgan fingerprint density at radius 3 is 2.67 bits per heavy atom. The number of aliphatic hydroxyl groups is 1. The Morgan fingerprint density at radius 2 is 2.07 bits per heavy atom. The first-order valence-corrected chi connectivity index (χ1v) is 5.42. The van der Waals surface area contributed by atoms with Crippen LogP contribution in [0.3, 0.4) is 0 Å². The monoisotopic (exact) mass is 222 g/mol. The molecule has 2 N–H and O–H groups in total. The zero-order valence-corrected chi connectivity index (χ0v) is 9.37. The molecule has 0 saturated carbocycles. The van der Waals surface area contributed by atoms with Gasteiger partial charge in [-0.3, -0.25) is 4.90 Å². The zero-order chi connectivity index (χ0) is 10.8. The summed E-state index contributed by atoms with van der Waals surface area (Å²) < 4.78 is 0. The first-order chi connectivity index (χ1) is 7.18. The van der Waals surface area contributed by atoms with E-state index in [9.17, 15) is 5.11 Å². The highest BCUT2D eigenvalue weighted by Gasteiger charge is 2.28. The molecule has 0 radical (unpaired) electrons. The minimum Gasteiger partial charge on any atom is -0.373 e. The Kier molecular flexibility index (Phi) is 2.88. The van der Waals surface area contributed by atoms with Crippen molar-refractivity contribution in [3.05, 3.63) is 30.3 Å². The lowest BCUT2D eigenvalue weighted by atomic mass is 10.1. The molecule has 0 unspecified atom stereocenters. The van der Waals surface area contributed by atoms with Crippen LogP contribution < -0.4 is 10.2 Å². The van der Waals surface area contributed by atoms with Crippen LogP contribution in [0, 0.1) is 0 Å². The van der Waals surface area contributed by atoms with Gasteiger partial charge in [0, 0.05) is 18.2 Å². The van der Waals surface area contributed by atoms with Gasteiger partial charge >= 0.3 is 0 Å². The van der Waals surface area contributed by atoms with Crippen molar-refractivity contribution in [3.8, 4) is 0 Å². The van der Waals surface area contributed by atoms with Crippen LogP contribution in [-0.4, -0.2) is 22.5 Å². The van der Waals surface area contributed by atoms with E-state index in [1.165, 1.54) is 0 Å². The largest absolute Gasteiger partial charge is 0.373 e. The summed E-state index contributed by atoms with van der Waals surface area (Å²) >= 11 is 5.22. The van der Waals surface area contributed by atoms with Crippen molar-refractivity contribution in [2.75, 3.05) is 4.90 Å². The third kappa shape index (κ3) is 2.11. The second-order valence-corrected chi connectivity index (χ2v) is 4.16. The van der Waals surface area contributed by atoms with E-state index < -0.39 is 6.23 Å². The minimum absolute atomic E-state index is 0.229. The molecule has 0 aromatic heterocycles. The van der Waals surface area contributed by atoms with E-state index >= 15 is 0 Å². The molecule has 1 fully saturated rings. The number of benzene rings is 1. The van der Waals surface area contributed by atoms with Crippen LogP contribution in [0.4, 0.5) is 5.69 Å². The van der Waals surface area contributed by atoms with Crippen molar-refractivity contribution in [2.45, 2.75) is 25.6 Å². The molecule has 0 spiro atoms. The van der Waals surface area contributed by atoms with Crippen molar-refractivity contribution < 1.29 is 5.11 Å². The van der Waals surface area contributed by atoms with Crippen molar-refractivity contribution in [1.82, 2.24) is 5.32 Å². The van der Waals surface area contributed by atoms with Gasteiger partial charge < -0.3 is 10.4 Å². The van der Waals surface area contributed by atoms with E-state index in [0.29, 0.717) is 11.5 Å². The average Bonchev–Trinajstić information content (AvgIpc) is 2.17. The molecule has 1 aliphatic heterocycles. The second kappa shape index (κ2) is 4.16. The van der Waals surface area contributed by atoms with Crippen LogP contribution >= 0.6 is 12.2 Å². The normalized spacial score (nSPS) is 26.3. The molecule has 0 bridgehead atoms. The Labute approximate surface area is 94.7 Å². The van der Waals surface area contributed by atoms with Gasteiger partial charge in [-0.1, -0.05) is 18.2 Å². The van der Waals surface area contributed by atoms with Crippen LogP contribution in [0.5, 0.6) is 0 Å². The van der Waals surface area contributed by atoms with Gasteiger partial charge in [0.2, 0.25) is 0 Å². The summed E-state index contributed by atoms with van der Waals surface area (Å²) in [6.07, 6.45) is 0.144. The predicted octanol–water partition coefficient (Wildman–Crippen LogP) is 1.48. The Morgan fingerprint density at radius 1 is 1.40 bits per heavy atom. The van der Waals surface area contributed by atoms with E-state index in [-0.39, 0.29) is 6.04 Å². The van der Waals surface area contributed by atoms with E-state index in [0.717, 1.165) is 5.69 Å². The molecule has 1 heterocycles. The lowest BCUT2D eigenvalue weighted by Crippen LogP contribution is -2.56. The molecular formula is C11H14N2OS. The van der Waals surface area contributed by atoms with Gasteiger partial charge in [0.25, 0.3) is 0 Å². The number of para-hydroxylation sites is 1. The SMILES string of the molecule is C[C@H]1C[C@@H](O)N(c2ccccc2)C(=S)N1. The van der Waals surface area contributed by atoms with Crippen LogP contribution in [0.25, 0.3) is 0 Å². The van der Waals surface area contributed by atoms with E-state index in [1.54, 1.807) is 4.90 Å². The van der Waals surface area contributed by atoms with Gasteiger partial charge in [0.05, 0.1) is 0 Å². The van der Waals surface area contributed by atoms with Crippen molar-refractivity contribution >= 4 is 23.0 Å². The fraction of sp³-hybridized carbons (Fsp3) is 0.364. The Balaban J connectivity index is 2.25. The molecular weight excluding hydrogens is 208 g/mol. The molecule has 80 valence electrons. The maximum Gasteiger partial charge on any atom is 0.175 e. The number of hydrogen-bond acceptors (Lipinski definition) is 2. The van der Waals surface area contributed by atoms with Crippen molar-refractivity contribution in [2.24, 2.45) is 0 Å². The summed E-state index contributed by atoms with van der Waals surface area (Å²) in [5, 5.41) is 13.7. The number of hydrogen-bond donors (Lipinski definition) is 2. The number of nitrogens with one attached hydrogen (secondary N) is 1. The van der Waals surface area contributed by atoms with Gasteiger partial charge in [-0.2, -0.15) is 0 Å². The molecule has 4 heteroatoms. The first-order valence-electron chi connectivity index (χ1n) is 5.01. The highest BCUT2D eigenvalue weighted by Crippen LogP contribution is 2.21. The maximum absolute atomic E-state index is 9.96. The zero-order valence-electron chi connectivity index (χ0n) is 8.55. The second-order valence-electron chi connectivity index (χ2n) is 3.77. The first kappa shape index (κ1) is 10.4. The summed E-state index contributed by atoms with van der Waals surface area (Å²) in [5.74, 6) is 0. The molecule has 0 aliphatic carbocycles. The number of thiocarbonyl (C=S) groups is 1. The summed E-state index contributed by atoms with van der Waals surface area (Å²) in [4.78, 5) is 1.75. The van der Waals surface area contributed by atoms with E-state index in [4.69, 9.17) is 12.2 Å². The Bertz CT molecular complexity index is 355. The third-order valence-electron chi connectivity index (χ3n) is 2.49. The molecule has 1 aliphatic rings. The average molecular weight is 222 g/mol. The van der Waals surface area contributed by atoms with Crippen molar-refractivity contribution in [1.29, 1.82) is 0 Å². The molecule has 1 saturated heterocycles. The maximum atomic E-state index is 9.96. The van der Waals surface area contributed by atoms with Gasteiger partial charge in [-0.05, 0) is 31.3 Å². The predicted molar refractivity (Wildman–Crippen MR) is 64.7 cm³/mol. The standard InChI is InChI=1S/C11H14N2OS/c1-8-7-10(14)13(11(15)12-8)9-5-3-2-4-6-9/h2-6,8,10,14H,7H2,1H3,(H,12,15)/t8-,10+/m0/s1. The van der Waals surface area contributed by atoms with Gasteiger partial charge in [-0.15, -0.1) is 0 Å². The lowest BCUT2D eigenvalue weighted by molar-refractivity contribution is 0.154. The molecule has 0 amide bonds. The third-order valence-corrected chi connectivity index (χ3v) is 2.80. The van der Waals surface area contributed by atoms with Gasteiger partial charge in [0.1, 0.15) is 6.23 Å². The van der Waals surface area contributed by atoms with Gasteiger partial charge in [0.15, 0.2) is 5.11 Å². The highest BCUT2D eigenvalue weighted by molar-refractivity contribution is 7.80. The molecule has 2 atom stereocenters. The van der Waals surface area contributed by atoms with Crippen molar-refractivity contribution in [3.63, 3.8) is 0 Å². The minimum atomic E-state index is -0.531. The van der Waals surface area contributed by atoms with Crippen LogP contribution in [0.1, 0.15) is 13.3 Å². The van der Waals surface area contributed by atoms with Gasteiger partial charge in [-0.25, -0.2) is 0 Å². The molecule has 2 rings (SSSR count). The fourth-order valence-electron chi connectivity index (χ4n) is 1.77. The number of nitrogens with zero attached hydrogens (tertiary/aromatic N) is 1. The topological polar surface area (TPSA) is 35.5 Å². The summed E-state index contributed by atoms with van der Waals surface area (Å²) in [5.41, 5.74) is 0.925. The molecule has 3 nitrogen and oxygen atoms in total. The highest BCUT2D eigenvalue weighted by atomic mass is 32.1. The quantitative estimate of drug-likeness (QED) is 0.706. The molecule has 1 aromatic rings. The summed E-state index contributed by atoms with van der Waals surface area (Å²) in [7, 11) is 0. The summed E-state index contributed by atoms with van der Waals surface area (Å²) in [6, 6.07) is 9.91. The fourth-order valence-corrected chi connectivity index (χ4v) is 2.20. The number of anilines is 1. The number of rotatable bonds is 1. The van der Waals surface area contributed by atoms with Crippen LogP contribution in [0.2, 0.25) is 0 Å². The number of aliphatic hydroxyl groups excluding tert-OH is 1. The molecule has 1 aromatic carbocycles.